The van der Waals surface area contributed by atoms with E-state index in [2.05, 4.69) is 19.2 Å². The fourth-order valence-corrected chi connectivity index (χ4v) is 4.47. The first-order valence-corrected chi connectivity index (χ1v) is 10.8. The fourth-order valence-electron chi connectivity index (χ4n) is 2.97. The normalized spacial score (nSPS) is 12.8. The quantitative estimate of drug-likeness (QED) is 0.725. The zero-order valence-corrected chi connectivity index (χ0v) is 17.2. The van der Waals surface area contributed by atoms with Crippen LogP contribution in [0.1, 0.15) is 56.0 Å². The lowest BCUT2D eigenvalue weighted by Gasteiger charge is -2.19. The number of amides is 1. The van der Waals surface area contributed by atoms with E-state index in [0.29, 0.717) is 24.6 Å². The van der Waals surface area contributed by atoms with E-state index >= 15 is 0 Å². The van der Waals surface area contributed by atoms with Crippen LogP contribution in [0.25, 0.3) is 0 Å². The molecule has 0 aliphatic carbocycles. The van der Waals surface area contributed by atoms with Crippen LogP contribution in [0.4, 0.5) is 5.69 Å². The van der Waals surface area contributed by atoms with Crippen molar-refractivity contribution in [2.24, 2.45) is 0 Å². The minimum absolute atomic E-state index is 0.133. The maximum Gasteiger partial charge on any atom is 0.255 e. The molecule has 1 atom stereocenters. The van der Waals surface area contributed by atoms with Crippen LogP contribution in [0.2, 0.25) is 0 Å². The number of nitrogens with zero attached hydrogens (tertiary/aromatic N) is 1. The third kappa shape index (κ3) is 4.76. The lowest BCUT2D eigenvalue weighted by Crippen LogP contribution is -2.30. The molecule has 2 aromatic rings. The molecule has 0 heterocycles. The van der Waals surface area contributed by atoms with Crippen LogP contribution in [0.15, 0.2) is 53.4 Å². The van der Waals surface area contributed by atoms with Gasteiger partial charge in [-0.2, -0.15) is 4.31 Å². The zero-order chi connectivity index (χ0) is 20.0. The molecular weight excluding hydrogens is 360 g/mol. The van der Waals surface area contributed by atoms with Crippen molar-refractivity contribution in [3.05, 3.63) is 59.7 Å². The van der Waals surface area contributed by atoms with Crippen LogP contribution in [0.3, 0.4) is 0 Å². The van der Waals surface area contributed by atoms with Crippen molar-refractivity contribution in [1.82, 2.24) is 4.31 Å². The number of carbonyl (C=O) groups excluding carboxylic acids is 1. The summed E-state index contributed by atoms with van der Waals surface area (Å²) in [7, 11) is -3.60. The molecule has 146 valence electrons. The van der Waals surface area contributed by atoms with Gasteiger partial charge < -0.3 is 5.32 Å². The highest BCUT2D eigenvalue weighted by molar-refractivity contribution is 7.89. The van der Waals surface area contributed by atoms with Gasteiger partial charge in [0.25, 0.3) is 5.91 Å². The van der Waals surface area contributed by atoms with E-state index in [-0.39, 0.29) is 10.8 Å². The summed E-state index contributed by atoms with van der Waals surface area (Å²) < 4.78 is 26.8. The summed E-state index contributed by atoms with van der Waals surface area (Å²) in [6, 6.07) is 13.9. The number of rotatable bonds is 8. The van der Waals surface area contributed by atoms with Crippen LogP contribution in [-0.4, -0.2) is 31.7 Å². The Kier molecular flexibility index (Phi) is 7.16. The van der Waals surface area contributed by atoms with Crippen molar-refractivity contribution in [2.75, 3.05) is 18.4 Å². The molecule has 27 heavy (non-hydrogen) atoms. The summed E-state index contributed by atoms with van der Waals surface area (Å²) in [6.07, 6.45) is 0.963. The second-order valence-electron chi connectivity index (χ2n) is 6.47. The standard InChI is InChI=1S/C21H28N2O3S/c1-5-16(4)19-13-8-9-14-20(19)22-21(24)17-11-10-12-18(15-17)27(25,26)23(6-2)7-3/h8-16H,5-7H2,1-4H3,(H,22,24). The van der Waals surface area contributed by atoms with Gasteiger partial charge in [0, 0.05) is 24.3 Å². The van der Waals surface area contributed by atoms with E-state index in [1.165, 1.54) is 16.4 Å². The average Bonchev–Trinajstić information content (AvgIpc) is 2.68. The molecule has 5 nitrogen and oxygen atoms in total. The van der Waals surface area contributed by atoms with E-state index in [1.807, 2.05) is 24.3 Å². The number of benzene rings is 2. The fraction of sp³-hybridized carbons (Fsp3) is 0.381. The van der Waals surface area contributed by atoms with Crippen molar-refractivity contribution in [3.8, 4) is 0 Å². The van der Waals surface area contributed by atoms with E-state index in [0.717, 1.165) is 17.7 Å². The summed E-state index contributed by atoms with van der Waals surface area (Å²) in [6.45, 7) is 8.58. The number of nitrogens with one attached hydrogen (secondary N) is 1. The predicted octanol–water partition coefficient (Wildman–Crippen LogP) is 4.48. The summed E-state index contributed by atoms with van der Waals surface area (Å²) in [4.78, 5) is 12.9. The van der Waals surface area contributed by atoms with Crippen LogP contribution in [0.5, 0.6) is 0 Å². The molecule has 0 bridgehead atoms. The van der Waals surface area contributed by atoms with Gasteiger partial charge in [0.2, 0.25) is 10.0 Å². The average molecular weight is 389 g/mol. The van der Waals surface area contributed by atoms with E-state index in [4.69, 9.17) is 0 Å². The van der Waals surface area contributed by atoms with E-state index in [1.54, 1.807) is 26.0 Å². The van der Waals surface area contributed by atoms with E-state index in [9.17, 15) is 13.2 Å². The first-order valence-electron chi connectivity index (χ1n) is 9.35. The smallest absolute Gasteiger partial charge is 0.255 e. The number of sulfonamides is 1. The molecule has 0 fully saturated rings. The lowest BCUT2D eigenvalue weighted by molar-refractivity contribution is 0.102. The zero-order valence-electron chi connectivity index (χ0n) is 16.4. The van der Waals surface area contributed by atoms with Gasteiger partial charge >= 0.3 is 0 Å². The van der Waals surface area contributed by atoms with Gasteiger partial charge in [-0.05, 0) is 42.2 Å². The van der Waals surface area contributed by atoms with Crippen molar-refractivity contribution >= 4 is 21.6 Å². The summed E-state index contributed by atoms with van der Waals surface area (Å²) in [5.74, 6) is -0.00164. The van der Waals surface area contributed by atoms with E-state index < -0.39 is 10.0 Å². The monoisotopic (exact) mass is 388 g/mol. The Morgan fingerprint density at radius 2 is 1.70 bits per heavy atom. The number of anilines is 1. The first kappa shape index (κ1) is 21.1. The van der Waals surface area contributed by atoms with Gasteiger partial charge in [-0.25, -0.2) is 8.42 Å². The predicted molar refractivity (Wildman–Crippen MR) is 110 cm³/mol. The molecule has 1 N–H and O–H groups in total. The second-order valence-corrected chi connectivity index (χ2v) is 8.41. The Bertz CT molecular complexity index is 890. The van der Waals surface area contributed by atoms with Gasteiger partial charge in [0.05, 0.1) is 4.90 Å². The van der Waals surface area contributed by atoms with Gasteiger partial charge in [-0.1, -0.05) is 52.0 Å². The van der Waals surface area contributed by atoms with Gasteiger partial charge in [0.15, 0.2) is 0 Å². The molecule has 0 aliphatic heterocycles. The number of hydrogen-bond donors (Lipinski definition) is 1. The molecule has 0 aliphatic rings. The highest BCUT2D eigenvalue weighted by Gasteiger charge is 2.22. The Hall–Kier alpha value is -2.18. The van der Waals surface area contributed by atoms with Crippen LogP contribution in [-0.2, 0) is 10.0 Å². The topological polar surface area (TPSA) is 66.5 Å². The van der Waals surface area contributed by atoms with Crippen molar-refractivity contribution in [3.63, 3.8) is 0 Å². The Balaban J connectivity index is 2.32. The highest BCUT2D eigenvalue weighted by atomic mass is 32.2. The number of carbonyl (C=O) groups is 1. The Morgan fingerprint density at radius 1 is 1.04 bits per heavy atom. The van der Waals surface area contributed by atoms with Crippen molar-refractivity contribution in [2.45, 2.75) is 44.9 Å². The first-order chi connectivity index (χ1) is 12.8. The SMILES string of the molecule is CCC(C)c1ccccc1NC(=O)c1cccc(S(=O)(=O)N(CC)CC)c1. The van der Waals surface area contributed by atoms with Crippen LogP contribution >= 0.6 is 0 Å². The Morgan fingerprint density at radius 3 is 2.33 bits per heavy atom. The third-order valence-corrected chi connectivity index (χ3v) is 6.84. The van der Waals surface area contributed by atoms with Crippen LogP contribution in [0, 0.1) is 0 Å². The minimum Gasteiger partial charge on any atom is -0.322 e. The molecule has 1 unspecified atom stereocenters. The third-order valence-electron chi connectivity index (χ3n) is 4.79. The van der Waals surface area contributed by atoms with Crippen molar-refractivity contribution in [1.29, 1.82) is 0 Å². The molecule has 0 spiro atoms. The van der Waals surface area contributed by atoms with Gasteiger partial charge in [0.1, 0.15) is 0 Å². The second kappa shape index (κ2) is 9.15. The summed E-state index contributed by atoms with van der Waals surface area (Å²) in [5.41, 5.74) is 2.15. The molecule has 6 heteroatoms. The summed E-state index contributed by atoms with van der Waals surface area (Å²) >= 11 is 0. The van der Waals surface area contributed by atoms with Gasteiger partial charge in [-0.3, -0.25) is 4.79 Å². The molecule has 0 saturated carbocycles. The lowest BCUT2D eigenvalue weighted by atomic mass is 9.97. The Labute approximate surface area is 162 Å². The molecule has 2 aromatic carbocycles. The molecular formula is C21H28N2O3S. The van der Waals surface area contributed by atoms with Gasteiger partial charge in [-0.15, -0.1) is 0 Å². The number of hydrogen-bond acceptors (Lipinski definition) is 3. The molecule has 0 aromatic heterocycles. The van der Waals surface area contributed by atoms with Crippen LogP contribution < -0.4 is 5.32 Å². The molecule has 0 radical (unpaired) electrons. The minimum atomic E-state index is -3.60. The van der Waals surface area contributed by atoms with Crippen molar-refractivity contribution < 1.29 is 13.2 Å². The molecule has 2 rings (SSSR count). The highest BCUT2D eigenvalue weighted by Crippen LogP contribution is 2.27. The maximum atomic E-state index is 12.7. The maximum absolute atomic E-state index is 12.7. The summed E-state index contributed by atoms with van der Waals surface area (Å²) in [5, 5.41) is 2.93. The molecule has 1 amide bonds. The molecule has 0 saturated heterocycles. The largest absolute Gasteiger partial charge is 0.322 e. The number of para-hydroxylation sites is 1.